The first kappa shape index (κ1) is 13.6. The van der Waals surface area contributed by atoms with Crippen molar-refractivity contribution < 1.29 is 9.47 Å². The van der Waals surface area contributed by atoms with Crippen molar-refractivity contribution in [3.63, 3.8) is 0 Å². The van der Waals surface area contributed by atoms with Gasteiger partial charge >= 0.3 is 0 Å². The summed E-state index contributed by atoms with van der Waals surface area (Å²) >= 11 is 0. The first-order valence-electron chi connectivity index (χ1n) is 7.59. The number of anilines is 1. The minimum atomic E-state index is 0.102. The Morgan fingerprint density at radius 1 is 1.25 bits per heavy atom. The second-order valence-corrected chi connectivity index (χ2v) is 6.05. The normalized spacial score (nSPS) is 30.4. The van der Waals surface area contributed by atoms with E-state index in [0.717, 1.165) is 24.5 Å². The number of nitrogens with zero attached hydrogens (tertiary/aromatic N) is 2. The fourth-order valence-corrected chi connectivity index (χ4v) is 3.10. The van der Waals surface area contributed by atoms with E-state index < -0.39 is 0 Å². The van der Waals surface area contributed by atoms with Crippen LogP contribution in [0, 0.1) is 5.92 Å². The van der Waals surface area contributed by atoms with Gasteiger partial charge in [0.25, 0.3) is 0 Å². The van der Waals surface area contributed by atoms with E-state index in [1.165, 1.54) is 25.7 Å². The average Bonchev–Trinajstić information content (AvgIpc) is 2.93. The van der Waals surface area contributed by atoms with Crippen molar-refractivity contribution in [2.75, 3.05) is 18.9 Å². The Morgan fingerprint density at radius 3 is 2.75 bits per heavy atom. The maximum Gasteiger partial charge on any atom is 0.223 e. The van der Waals surface area contributed by atoms with E-state index in [4.69, 9.17) is 15.2 Å². The molecule has 1 atom stereocenters. The van der Waals surface area contributed by atoms with E-state index >= 15 is 0 Å². The van der Waals surface area contributed by atoms with Gasteiger partial charge in [-0.3, -0.25) is 0 Å². The molecular formula is C15H23N3O2. The molecule has 5 heteroatoms. The van der Waals surface area contributed by atoms with E-state index in [1.54, 1.807) is 0 Å². The molecule has 1 aliphatic carbocycles. The Balaban J connectivity index is 1.78. The van der Waals surface area contributed by atoms with E-state index in [9.17, 15) is 0 Å². The monoisotopic (exact) mass is 277 g/mol. The second-order valence-electron chi connectivity index (χ2n) is 6.05. The molecule has 3 rings (SSSR count). The fraction of sp³-hybridized carbons (Fsp3) is 0.733. The van der Waals surface area contributed by atoms with Crippen molar-refractivity contribution in [3.8, 4) is 5.88 Å². The van der Waals surface area contributed by atoms with Crippen LogP contribution in [0.4, 0.5) is 5.95 Å². The lowest BCUT2D eigenvalue weighted by molar-refractivity contribution is 0.136. The van der Waals surface area contributed by atoms with Gasteiger partial charge in [0.15, 0.2) is 0 Å². The molecule has 1 unspecified atom stereocenters. The number of nitrogens with two attached hydrogens (primary N) is 1. The SMILES string of the molecule is CC1CCC(c2cnc(N)nc2OC2CCOC2)CC1. The Bertz CT molecular complexity index is 452. The van der Waals surface area contributed by atoms with Crippen LogP contribution < -0.4 is 10.5 Å². The van der Waals surface area contributed by atoms with Crippen molar-refractivity contribution in [1.29, 1.82) is 0 Å². The van der Waals surface area contributed by atoms with Gasteiger partial charge in [0, 0.05) is 18.2 Å². The van der Waals surface area contributed by atoms with E-state index in [-0.39, 0.29) is 12.1 Å². The first-order valence-corrected chi connectivity index (χ1v) is 7.59. The lowest BCUT2D eigenvalue weighted by Crippen LogP contribution is -2.20. The van der Waals surface area contributed by atoms with Crippen LogP contribution in [0.2, 0.25) is 0 Å². The van der Waals surface area contributed by atoms with Crippen LogP contribution in [0.1, 0.15) is 50.5 Å². The van der Waals surface area contributed by atoms with Gasteiger partial charge in [0.1, 0.15) is 6.10 Å². The van der Waals surface area contributed by atoms with Gasteiger partial charge in [-0.1, -0.05) is 19.8 Å². The number of aromatic nitrogens is 2. The third-order valence-electron chi connectivity index (χ3n) is 4.42. The summed E-state index contributed by atoms with van der Waals surface area (Å²) in [6.07, 6.45) is 7.78. The topological polar surface area (TPSA) is 70.3 Å². The summed E-state index contributed by atoms with van der Waals surface area (Å²) in [5.74, 6) is 2.29. The quantitative estimate of drug-likeness (QED) is 0.919. The average molecular weight is 277 g/mol. The highest BCUT2D eigenvalue weighted by atomic mass is 16.5. The Kier molecular flexibility index (Phi) is 4.05. The van der Waals surface area contributed by atoms with Gasteiger partial charge in [-0.2, -0.15) is 4.98 Å². The molecule has 110 valence electrons. The third-order valence-corrected chi connectivity index (χ3v) is 4.42. The van der Waals surface area contributed by atoms with Gasteiger partial charge in [0.2, 0.25) is 11.8 Å². The number of ether oxygens (including phenoxy) is 2. The molecule has 2 aliphatic rings. The molecule has 1 aromatic heterocycles. The van der Waals surface area contributed by atoms with Gasteiger partial charge in [-0.25, -0.2) is 4.98 Å². The molecule has 5 nitrogen and oxygen atoms in total. The van der Waals surface area contributed by atoms with Crippen LogP contribution in [0.25, 0.3) is 0 Å². The lowest BCUT2D eigenvalue weighted by atomic mass is 9.80. The molecule has 0 radical (unpaired) electrons. The van der Waals surface area contributed by atoms with Gasteiger partial charge < -0.3 is 15.2 Å². The van der Waals surface area contributed by atoms with E-state index in [2.05, 4.69) is 16.9 Å². The van der Waals surface area contributed by atoms with Crippen LogP contribution in [0.5, 0.6) is 5.88 Å². The molecule has 2 fully saturated rings. The predicted molar refractivity (Wildman–Crippen MR) is 76.7 cm³/mol. The highest BCUT2D eigenvalue weighted by Gasteiger charge is 2.26. The molecule has 1 aromatic rings. The van der Waals surface area contributed by atoms with Crippen molar-refractivity contribution >= 4 is 5.95 Å². The molecule has 1 saturated heterocycles. The first-order chi connectivity index (χ1) is 9.72. The molecule has 0 aromatic carbocycles. The summed E-state index contributed by atoms with van der Waals surface area (Å²) in [7, 11) is 0. The Labute approximate surface area is 119 Å². The molecule has 2 heterocycles. The molecule has 0 bridgehead atoms. The highest BCUT2D eigenvalue weighted by molar-refractivity contribution is 5.33. The summed E-state index contributed by atoms with van der Waals surface area (Å²) < 4.78 is 11.4. The molecule has 2 N–H and O–H groups in total. The van der Waals surface area contributed by atoms with Crippen LogP contribution in [0.3, 0.4) is 0 Å². The Hall–Kier alpha value is -1.36. The predicted octanol–water partition coefficient (Wildman–Crippen LogP) is 2.52. The molecular weight excluding hydrogens is 254 g/mol. The van der Waals surface area contributed by atoms with Crippen LogP contribution in [-0.2, 0) is 4.74 Å². The zero-order valence-electron chi connectivity index (χ0n) is 12.0. The summed E-state index contributed by atoms with van der Waals surface area (Å²) in [5.41, 5.74) is 6.84. The van der Waals surface area contributed by atoms with Gasteiger partial charge in [0.05, 0.1) is 13.2 Å². The van der Waals surface area contributed by atoms with Crippen molar-refractivity contribution in [3.05, 3.63) is 11.8 Å². The van der Waals surface area contributed by atoms with Gasteiger partial charge in [-0.05, 0) is 24.7 Å². The zero-order chi connectivity index (χ0) is 13.9. The molecule has 0 spiro atoms. The number of rotatable bonds is 3. The molecule has 0 amide bonds. The molecule has 20 heavy (non-hydrogen) atoms. The van der Waals surface area contributed by atoms with E-state index in [1.807, 2.05) is 6.20 Å². The van der Waals surface area contributed by atoms with Gasteiger partial charge in [-0.15, -0.1) is 0 Å². The number of hydrogen-bond donors (Lipinski definition) is 1. The second kappa shape index (κ2) is 5.95. The molecule has 1 aliphatic heterocycles. The van der Waals surface area contributed by atoms with Crippen molar-refractivity contribution in [1.82, 2.24) is 9.97 Å². The smallest absolute Gasteiger partial charge is 0.223 e. The maximum atomic E-state index is 6.01. The van der Waals surface area contributed by atoms with E-state index in [0.29, 0.717) is 18.4 Å². The highest BCUT2D eigenvalue weighted by Crippen LogP contribution is 2.39. The number of hydrogen-bond acceptors (Lipinski definition) is 5. The van der Waals surface area contributed by atoms with Crippen molar-refractivity contribution in [2.24, 2.45) is 5.92 Å². The zero-order valence-corrected chi connectivity index (χ0v) is 12.0. The van der Waals surface area contributed by atoms with Crippen LogP contribution in [0.15, 0.2) is 6.20 Å². The fourth-order valence-electron chi connectivity index (χ4n) is 3.10. The largest absolute Gasteiger partial charge is 0.471 e. The standard InChI is InChI=1S/C15H23N3O2/c1-10-2-4-11(5-3-10)13-8-17-15(16)18-14(13)20-12-6-7-19-9-12/h8,10-12H,2-7,9H2,1H3,(H2,16,17,18). The van der Waals surface area contributed by atoms with Crippen LogP contribution >= 0.6 is 0 Å². The number of nitrogen functional groups attached to an aromatic ring is 1. The van der Waals surface area contributed by atoms with Crippen molar-refractivity contribution in [2.45, 2.75) is 51.0 Å². The summed E-state index contributed by atoms with van der Waals surface area (Å²) in [6.45, 7) is 3.73. The minimum Gasteiger partial charge on any atom is -0.471 e. The lowest BCUT2D eigenvalue weighted by Gasteiger charge is -2.27. The third kappa shape index (κ3) is 3.03. The van der Waals surface area contributed by atoms with Crippen LogP contribution in [-0.4, -0.2) is 29.3 Å². The maximum absolute atomic E-state index is 6.01. The summed E-state index contributed by atoms with van der Waals surface area (Å²) in [6, 6.07) is 0. The summed E-state index contributed by atoms with van der Waals surface area (Å²) in [5, 5.41) is 0. The molecule has 1 saturated carbocycles. The minimum absolute atomic E-state index is 0.102. The summed E-state index contributed by atoms with van der Waals surface area (Å²) in [4.78, 5) is 8.48. The Morgan fingerprint density at radius 2 is 2.05 bits per heavy atom.